The van der Waals surface area contributed by atoms with Crippen molar-refractivity contribution in [2.45, 2.75) is 13.8 Å². The molecule has 5 nitrogen and oxygen atoms in total. The summed E-state index contributed by atoms with van der Waals surface area (Å²) in [7, 11) is 1.62. The van der Waals surface area contributed by atoms with Crippen LogP contribution in [-0.2, 0) is 0 Å². The Morgan fingerprint density at radius 3 is 2.12 bits per heavy atom. The van der Waals surface area contributed by atoms with E-state index >= 15 is 0 Å². The van der Waals surface area contributed by atoms with Gasteiger partial charge in [-0.25, -0.2) is 0 Å². The largest absolute Gasteiger partial charge is 0.496 e. The van der Waals surface area contributed by atoms with E-state index in [0.29, 0.717) is 18.7 Å². The van der Waals surface area contributed by atoms with Gasteiger partial charge >= 0.3 is 0 Å². The van der Waals surface area contributed by atoms with Crippen molar-refractivity contribution >= 4 is 17.4 Å². The number of rotatable bonds is 4. The number of piperazine rings is 1. The van der Waals surface area contributed by atoms with E-state index in [1.54, 1.807) is 14.0 Å². The Morgan fingerprint density at radius 2 is 1.54 bits per heavy atom. The smallest absolute Gasteiger partial charge is 0.254 e. The number of hydrogen-bond acceptors (Lipinski definition) is 4. The molecule has 1 aliphatic heterocycles. The van der Waals surface area contributed by atoms with Crippen LogP contribution in [-0.4, -0.2) is 49.9 Å². The molecule has 0 unspecified atom stereocenters. The number of ketones is 1. The highest BCUT2D eigenvalue weighted by atomic mass is 16.5. The number of methoxy groups -OCH3 is 1. The Hall–Kier alpha value is -2.82. The average molecular weight is 352 g/mol. The third-order valence-electron chi connectivity index (χ3n) is 4.86. The highest BCUT2D eigenvalue weighted by Crippen LogP contribution is 2.22. The molecular weight excluding hydrogens is 328 g/mol. The SMILES string of the molecule is COc1cc(C(=O)N2CCN(c3ccc(C(C)=O)cc3)CC2)ccc1C. The first kappa shape index (κ1) is 18.0. The van der Waals surface area contributed by atoms with Gasteiger partial charge in [0.25, 0.3) is 5.91 Å². The Labute approximate surface area is 154 Å². The summed E-state index contributed by atoms with van der Waals surface area (Å²) in [6.07, 6.45) is 0. The highest BCUT2D eigenvalue weighted by Gasteiger charge is 2.23. The number of aryl methyl sites for hydroxylation is 1. The highest BCUT2D eigenvalue weighted by molar-refractivity contribution is 5.95. The summed E-state index contributed by atoms with van der Waals surface area (Å²) in [4.78, 5) is 28.3. The Bertz CT molecular complexity index is 807. The van der Waals surface area contributed by atoms with Crippen molar-refractivity contribution in [2.75, 3.05) is 38.2 Å². The van der Waals surface area contributed by atoms with Crippen molar-refractivity contribution in [3.05, 3.63) is 59.2 Å². The summed E-state index contributed by atoms with van der Waals surface area (Å²) in [6, 6.07) is 13.2. The molecule has 0 aliphatic carbocycles. The van der Waals surface area contributed by atoms with Crippen LogP contribution in [0.25, 0.3) is 0 Å². The van der Waals surface area contributed by atoms with E-state index < -0.39 is 0 Å². The van der Waals surface area contributed by atoms with Gasteiger partial charge in [0, 0.05) is 43.0 Å². The van der Waals surface area contributed by atoms with Gasteiger partial charge in [-0.15, -0.1) is 0 Å². The maximum atomic E-state index is 12.8. The second-order valence-corrected chi connectivity index (χ2v) is 6.57. The number of Topliss-reactive ketones (excluding diaryl/α,β-unsaturated/α-hetero) is 1. The third-order valence-corrected chi connectivity index (χ3v) is 4.86. The Morgan fingerprint density at radius 1 is 0.923 bits per heavy atom. The molecule has 1 fully saturated rings. The van der Waals surface area contributed by atoms with E-state index in [9.17, 15) is 9.59 Å². The van der Waals surface area contributed by atoms with E-state index in [-0.39, 0.29) is 11.7 Å². The van der Waals surface area contributed by atoms with Crippen molar-refractivity contribution in [3.63, 3.8) is 0 Å². The molecule has 5 heteroatoms. The summed E-state index contributed by atoms with van der Waals surface area (Å²) in [5, 5.41) is 0. The molecule has 1 saturated heterocycles. The second-order valence-electron chi connectivity index (χ2n) is 6.57. The topological polar surface area (TPSA) is 49.9 Å². The first-order valence-corrected chi connectivity index (χ1v) is 8.79. The van der Waals surface area contributed by atoms with Gasteiger partial charge in [-0.1, -0.05) is 6.07 Å². The minimum Gasteiger partial charge on any atom is -0.496 e. The van der Waals surface area contributed by atoms with Gasteiger partial charge in [0.05, 0.1) is 7.11 Å². The van der Waals surface area contributed by atoms with E-state index in [1.165, 1.54) is 0 Å². The van der Waals surface area contributed by atoms with Gasteiger partial charge in [0.1, 0.15) is 5.75 Å². The predicted octanol–water partition coefficient (Wildman–Crippen LogP) is 3.17. The van der Waals surface area contributed by atoms with Crippen LogP contribution in [0.1, 0.15) is 33.2 Å². The molecule has 0 N–H and O–H groups in total. The molecule has 3 rings (SSSR count). The summed E-state index contributed by atoms with van der Waals surface area (Å²) in [6.45, 7) is 6.41. The van der Waals surface area contributed by atoms with Crippen LogP contribution >= 0.6 is 0 Å². The maximum absolute atomic E-state index is 12.8. The zero-order valence-electron chi connectivity index (χ0n) is 15.5. The maximum Gasteiger partial charge on any atom is 0.254 e. The minimum atomic E-state index is 0.0369. The van der Waals surface area contributed by atoms with Crippen LogP contribution < -0.4 is 9.64 Å². The van der Waals surface area contributed by atoms with Gasteiger partial charge in [-0.3, -0.25) is 9.59 Å². The molecule has 1 aliphatic rings. The fourth-order valence-electron chi connectivity index (χ4n) is 3.21. The number of amides is 1. The lowest BCUT2D eigenvalue weighted by Gasteiger charge is -2.36. The standard InChI is InChI=1S/C21H24N2O3/c1-15-4-5-18(14-20(15)26-3)21(25)23-12-10-22(11-13-23)19-8-6-17(7-9-19)16(2)24/h4-9,14H,10-13H2,1-3H3. The quantitative estimate of drug-likeness (QED) is 0.793. The molecule has 0 aromatic heterocycles. The molecule has 26 heavy (non-hydrogen) atoms. The first-order chi connectivity index (χ1) is 12.5. The Balaban J connectivity index is 1.64. The molecule has 0 spiro atoms. The van der Waals surface area contributed by atoms with Gasteiger partial charge in [0.2, 0.25) is 0 Å². The number of nitrogens with zero attached hydrogens (tertiary/aromatic N) is 2. The van der Waals surface area contributed by atoms with Crippen molar-refractivity contribution in [2.24, 2.45) is 0 Å². The summed E-state index contributed by atoms with van der Waals surface area (Å²) >= 11 is 0. The Kier molecular flexibility index (Phi) is 5.26. The normalized spacial score (nSPS) is 14.3. The predicted molar refractivity (Wildman–Crippen MR) is 102 cm³/mol. The average Bonchev–Trinajstić information content (AvgIpc) is 2.68. The van der Waals surface area contributed by atoms with Crippen molar-refractivity contribution < 1.29 is 14.3 Å². The fraction of sp³-hybridized carbons (Fsp3) is 0.333. The van der Waals surface area contributed by atoms with Crippen LogP contribution in [0.5, 0.6) is 5.75 Å². The third kappa shape index (κ3) is 3.72. The lowest BCUT2D eigenvalue weighted by molar-refractivity contribution is 0.0746. The number of carbonyl (C=O) groups is 2. The summed E-state index contributed by atoms with van der Waals surface area (Å²) in [5.41, 5.74) is 3.48. The fourth-order valence-corrected chi connectivity index (χ4v) is 3.21. The summed E-state index contributed by atoms with van der Waals surface area (Å²) in [5.74, 6) is 0.843. The van der Waals surface area contributed by atoms with E-state index in [1.807, 2.05) is 54.3 Å². The van der Waals surface area contributed by atoms with Gasteiger partial charge in [0.15, 0.2) is 5.78 Å². The molecule has 1 heterocycles. The molecule has 2 aromatic carbocycles. The molecular formula is C21H24N2O3. The van der Waals surface area contributed by atoms with Gasteiger partial charge < -0.3 is 14.5 Å². The number of carbonyl (C=O) groups excluding carboxylic acids is 2. The second kappa shape index (κ2) is 7.60. The molecule has 0 bridgehead atoms. The lowest BCUT2D eigenvalue weighted by Crippen LogP contribution is -2.48. The molecule has 2 aromatic rings. The number of benzene rings is 2. The zero-order valence-corrected chi connectivity index (χ0v) is 15.5. The molecule has 136 valence electrons. The van der Waals surface area contributed by atoms with E-state index in [0.717, 1.165) is 35.7 Å². The van der Waals surface area contributed by atoms with Crippen molar-refractivity contribution in [3.8, 4) is 5.75 Å². The van der Waals surface area contributed by atoms with Crippen molar-refractivity contribution in [1.82, 2.24) is 4.90 Å². The first-order valence-electron chi connectivity index (χ1n) is 8.79. The zero-order chi connectivity index (χ0) is 18.7. The molecule has 0 radical (unpaired) electrons. The van der Waals surface area contributed by atoms with Crippen LogP contribution in [0.4, 0.5) is 5.69 Å². The molecule has 0 atom stereocenters. The summed E-state index contributed by atoms with van der Waals surface area (Å²) < 4.78 is 5.32. The van der Waals surface area contributed by atoms with E-state index in [4.69, 9.17) is 4.74 Å². The molecule has 0 saturated carbocycles. The van der Waals surface area contributed by atoms with Gasteiger partial charge in [-0.05, 0) is 55.8 Å². The monoisotopic (exact) mass is 352 g/mol. The van der Waals surface area contributed by atoms with Crippen LogP contribution in [0.15, 0.2) is 42.5 Å². The lowest BCUT2D eigenvalue weighted by atomic mass is 10.1. The van der Waals surface area contributed by atoms with Crippen LogP contribution in [0.3, 0.4) is 0 Å². The van der Waals surface area contributed by atoms with Crippen molar-refractivity contribution in [1.29, 1.82) is 0 Å². The number of ether oxygens (including phenoxy) is 1. The van der Waals surface area contributed by atoms with Crippen LogP contribution in [0.2, 0.25) is 0 Å². The molecule has 1 amide bonds. The number of hydrogen-bond donors (Lipinski definition) is 0. The minimum absolute atomic E-state index is 0.0369. The number of anilines is 1. The van der Waals surface area contributed by atoms with Gasteiger partial charge in [-0.2, -0.15) is 0 Å². The van der Waals surface area contributed by atoms with E-state index in [2.05, 4.69) is 4.90 Å². The van der Waals surface area contributed by atoms with Crippen LogP contribution in [0, 0.1) is 6.92 Å².